The standard InChI is InChI=1S/C6H9N3O/c1-4-8-3-5(10)6(7-2)9-4/h3,10H,1-2H3,(H,7,8,9). The number of nitrogens with one attached hydrogen (secondary N) is 1. The summed E-state index contributed by atoms with van der Waals surface area (Å²) >= 11 is 0. The maximum Gasteiger partial charge on any atom is 0.176 e. The predicted molar refractivity (Wildman–Crippen MR) is 38.0 cm³/mol. The molecule has 54 valence electrons. The van der Waals surface area contributed by atoms with E-state index in [9.17, 15) is 0 Å². The van der Waals surface area contributed by atoms with Gasteiger partial charge in [0.1, 0.15) is 5.82 Å². The lowest BCUT2D eigenvalue weighted by Gasteiger charge is -2.00. The second kappa shape index (κ2) is 2.51. The molecule has 10 heavy (non-hydrogen) atoms. The van der Waals surface area contributed by atoms with Crippen molar-refractivity contribution in [1.82, 2.24) is 9.97 Å². The highest BCUT2D eigenvalue weighted by atomic mass is 16.3. The second-order valence-electron chi connectivity index (χ2n) is 1.90. The molecule has 4 nitrogen and oxygen atoms in total. The highest BCUT2D eigenvalue weighted by Crippen LogP contribution is 2.16. The van der Waals surface area contributed by atoms with Crippen LogP contribution in [0.25, 0.3) is 0 Å². The van der Waals surface area contributed by atoms with E-state index in [2.05, 4.69) is 15.3 Å². The SMILES string of the molecule is CNc1nc(C)ncc1O. The molecule has 0 saturated carbocycles. The van der Waals surface area contributed by atoms with E-state index >= 15 is 0 Å². The van der Waals surface area contributed by atoms with Crippen LogP contribution in [0, 0.1) is 6.92 Å². The van der Waals surface area contributed by atoms with Crippen LogP contribution in [0.15, 0.2) is 6.20 Å². The molecule has 0 fully saturated rings. The first kappa shape index (κ1) is 6.80. The summed E-state index contributed by atoms with van der Waals surface area (Å²) in [6.45, 7) is 1.76. The van der Waals surface area contributed by atoms with E-state index in [0.29, 0.717) is 11.6 Å². The number of nitrogens with zero attached hydrogens (tertiary/aromatic N) is 2. The first-order valence-electron chi connectivity index (χ1n) is 2.94. The van der Waals surface area contributed by atoms with Crippen molar-refractivity contribution in [3.05, 3.63) is 12.0 Å². The summed E-state index contributed by atoms with van der Waals surface area (Å²) in [6, 6.07) is 0. The molecule has 1 aromatic heterocycles. The second-order valence-corrected chi connectivity index (χ2v) is 1.90. The van der Waals surface area contributed by atoms with Crippen molar-refractivity contribution < 1.29 is 5.11 Å². The summed E-state index contributed by atoms with van der Waals surface area (Å²) in [4.78, 5) is 7.71. The van der Waals surface area contributed by atoms with E-state index < -0.39 is 0 Å². The Labute approximate surface area is 58.9 Å². The first-order valence-corrected chi connectivity index (χ1v) is 2.94. The minimum absolute atomic E-state index is 0.0769. The van der Waals surface area contributed by atoms with Gasteiger partial charge in [0.05, 0.1) is 6.20 Å². The molecule has 4 heteroatoms. The fraction of sp³-hybridized carbons (Fsp3) is 0.333. The highest BCUT2D eigenvalue weighted by molar-refractivity contribution is 5.46. The predicted octanol–water partition coefficient (Wildman–Crippen LogP) is 0.532. The van der Waals surface area contributed by atoms with E-state index in [4.69, 9.17) is 5.11 Å². The van der Waals surface area contributed by atoms with Crippen LogP contribution in [-0.2, 0) is 0 Å². The number of aryl methyl sites for hydroxylation is 1. The van der Waals surface area contributed by atoms with Crippen molar-refractivity contribution in [2.24, 2.45) is 0 Å². The minimum Gasteiger partial charge on any atom is -0.503 e. The number of aromatic nitrogens is 2. The molecule has 0 amide bonds. The summed E-state index contributed by atoms with van der Waals surface area (Å²) in [5.41, 5.74) is 0. The average Bonchev–Trinajstić information content (AvgIpc) is 1.94. The zero-order chi connectivity index (χ0) is 7.56. The van der Waals surface area contributed by atoms with E-state index in [1.165, 1.54) is 6.20 Å². The third-order valence-electron chi connectivity index (χ3n) is 1.13. The minimum atomic E-state index is 0.0769. The number of aromatic hydroxyl groups is 1. The molecule has 2 N–H and O–H groups in total. The van der Waals surface area contributed by atoms with Crippen LogP contribution in [0.3, 0.4) is 0 Å². The average molecular weight is 139 g/mol. The Morgan fingerprint density at radius 3 is 2.80 bits per heavy atom. The first-order chi connectivity index (χ1) is 4.74. The van der Waals surface area contributed by atoms with Crippen molar-refractivity contribution in [2.45, 2.75) is 6.92 Å². The Kier molecular flexibility index (Phi) is 1.71. The summed E-state index contributed by atoms with van der Waals surface area (Å²) in [5.74, 6) is 1.18. The van der Waals surface area contributed by atoms with Crippen LogP contribution >= 0.6 is 0 Å². The molecule has 0 aliphatic heterocycles. The van der Waals surface area contributed by atoms with E-state index in [1.807, 2.05) is 0 Å². The van der Waals surface area contributed by atoms with E-state index in [0.717, 1.165) is 0 Å². The van der Waals surface area contributed by atoms with Crippen molar-refractivity contribution in [1.29, 1.82) is 0 Å². The lowest BCUT2D eigenvalue weighted by molar-refractivity contribution is 0.471. The van der Waals surface area contributed by atoms with Crippen molar-refractivity contribution in [3.63, 3.8) is 0 Å². The molecule has 0 bridgehead atoms. The van der Waals surface area contributed by atoms with Gasteiger partial charge in [-0.15, -0.1) is 0 Å². The molecule has 0 spiro atoms. The zero-order valence-electron chi connectivity index (χ0n) is 5.92. The van der Waals surface area contributed by atoms with Gasteiger partial charge in [-0.2, -0.15) is 0 Å². The highest BCUT2D eigenvalue weighted by Gasteiger charge is 1.98. The molecule has 0 saturated heterocycles. The molecule has 1 rings (SSSR count). The van der Waals surface area contributed by atoms with Gasteiger partial charge in [0.2, 0.25) is 0 Å². The van der Waals surface area contributed by atoms with Gasteiger partial charge in [-0.25, -0.2) is 9.97 Å². The normalized spacial score (nSPS) is 9.40. The Morgan fingerprint density at radius 1 is 1.60 bits per heavy atom. The van der Waals surface area contributed by atoms with Gasteiger partial charge in [0, 0.05) is 7.05 Å². The molecule has 0 aliphatic carbocycles. The molecule has 1 heterocycles. The third-order valence-corrected chi connectivity index (χ3v) is 1.13. The fourth-order valence-electron chi connectivity index (χ4n) is 0.648. The smallest absolute Gasteiger partial charge is 0.176 e. The van der Waals surface area contributed by atoms with Gasteiger partial charge in [-0.3, -0.25) is 0 Å². The van der Waals surface area contributed by atoms with Crippen molar-refractivity contribution in [2.75, 3.05) is 12.4 Å². The van der Waals surface area contributed by atoms with Crippen LogP contribution in [0.4, 0.5) is 5.82 Å². The fourth-order valence-corrected chi connectivity index (χ4v) is 0.648. The summed E-state index contributed by atoms with van der Waals surface area (Å²) in [6.07, 6.45) is 1.37. The van der Waals surface area contributed by atoms with Gasteiger partial charge >= 0.3 is 0 Å². The Morgan fingerprint density at radius 2 is 2.30 bits per heavy atom. The molecule has 1 aromatic rings. The third kappa shape index (κ3) is 1.15. The zero-order valence-corrected chi connectivity index (χ0v) is 5.92. The quantitative estimate of drug-likeness (QED) is 0.596. The molecule has 0 aromatic carbocycles. The summed E-state index contributed by atoms with van der Waals surface area (Å²) < 4.78 is 0. The van der Waals surface area contributed by atoms with Crippen molar-refractivity contribution >= 4 is 5.82 Å². The van der Waals surface area contributed by atoms with Gasteiger partial charge in [-0.05, 0) is 6.92 Å². The molecular weight excluding hydrogens is 130 g/mol. The molecule has 0 aliphatic rings. The van der Waals surface area contributed by atoms with Gasteiger partial charge in [-0.1, -0.05) is 0 Å². The van der Waals surface area contributed by atoms with Crippen LogP contribution in [-0.4, -0.2) is 22.1 Å². The van der Waals surface area contributed by atoms with Gasteiger partial charge in [0.25, 0.3) is 0 Å². The summed E-state index contributed by atoms with van der Waals surface area (Å²) in [5, 5.41) is 11.8. The van der Waals surface area contributed by atoms with Crippen LogP contribution < -0.4 is 5.32 Å². The Bertz CT molecular complexity index is 236. The van der Waals surface area contributed by atoms with Gasteiger partial charge < -0.3 is 10.4 Å². The van der Waals surface area contributed by atoms with Crippen LogP contribution in [0.1, 0.15) is 5.82 Å². The monoisotopic (exact) mass is 139 g/mol. The summed E-state index contributed by atoms with van der Waals surface area (Å²) in [7, 11) is 1.70. The number of hydrogen-bond donors (Lipinski definition) is 2. The Hall–Kier alpha value is -1.32. The van der Waals surface area contributed by atoms with Crippen molar-refractivity contribution in [3.8, 4) is 5.75 Å². The molecule has 0 unspecified atom stereocenters. The number of hydrogen-bond acceptors (Lipinski definition) is 4. The number of anilines is 1. The molecular formula is C6H9N3O. The molecule has 0 atom stereocenters. The number of rotatable bonds is 1. The van der Waals surface area contributed by atoms with E-state index in [1.54, 1.807) is 14.0 Å². The maximum atomic E-state index is 9.05. The van der Waals surface area contributed by atoms with Crippen LogP contribution in [0.5, 0.6) is 5.75 Å². The maximum absolute atomic E-state index is 9.05. The van der Waals surface area contributed by atoms with E-state index in [-0.39, 0.29) is 5.75 Å². The van der Waals surface area contributed by atoms with Crippen LogP contribution in [0.2, 0.25) is 0 Å². The molecule has 0 radical (unpaired) electrons. The Balaban J connectivity index is 3.09. The lowest BCUT2D eigenvalue weighted by Crippen LogP contribution is -1.95. The lowest BCUT2D eigenvalue weighted by atomic mass is 10.5. The largest absolute Gasteiger partial charge is 0.503 e. The topological polar surface area (TPSA) is 58.0 Å². The van der Waals surface area contributed by atoms with Gasteiger partial charge in [0.15, 0.2) is 11.6 Å².